The normalized spacial score (nSPS) is 10.5. The first-order valence-electron chi connectivity index (χ1n) is 11.8. The Hall–Kier alpha value is -3.95. The zero-order valence-corrected chi connectivity index (χ0v) is 21.2. The lowest BCUT2D eigenvalue weighted by Gasteiger charge is -2.07. The van der Waals surface area contributed by atoms with E-state index in [1.54, 1.807) is 36.0 Å². The van der Waals surface area contributed by atoms with Gasteiger partial charge < -0.3 is 14.5 Å². The molecule has 0 spiro atoms. The minimum Gasteiger partial charge on any atom is -0.481 e. The Balaban J connectivity index is 1.31. The second-order valence-electron chi connectivity index (χ2n) is 8.45. The largest absolute Gasteiger partial charge is 0.481 e. The van der Waals surface area contributed by atoms with Crippen molar-refractivity contribution in [2.45, 2.75) is 19.0 Å². The zero-order chi connectivity index (χ0) is 25.2. The highest BCUT2D eigenvalue weighted by atomic mass is 32.2. The Morgan fingerprint density at radius 2 is 1.58 bits per heavy atom. The van der Waals surface area contributed by atoms with E-state index in [2.05, 4.69) is 41.1 Å². The van der Waals surface area contributed by atoms with Crippen LogP contribution in [0.4, 0.5) is 0 Å². The van der Waals surface area contributed by atoms with E-state index in [4.69, 9.17) is 14.5 Å². The van der Waals surface area contributed by atoms with Crippen molar-refractivity contribution in [3.05, 3.63) is 90.5 Å². The first-order valence-corrected chi connectivity index (χ1v) is 12.8. The van der Waals surface area contributed by atoms with Crippen molar-refractivity contribution < 1.29 is 14.3 Å². The van der Waals surface area contributed by atoms with Crippen LogP contribution in [0.5, 0.6) is 5.75 Å². The molecule has 0 aliphatic carbocycles. The molecule has 0 aliphatic rings. The Morgan fingerprint density at radius 1 is 0.917 bits per heavy atom. The van der Waals surface area contributed by atoms with Gasteiger partial charge in [-0.25, -0.2) is 9.78 Å². The van der Waals surface area contributed by atoms with Crippen LogP contribution >= 0.6 is 11.8 Å². The highest BCUT2D eigenvalue weighted by molar-refractivity contribution is 7.99. The quantitative estimate of drug-likeness (QED) is 0.158. The molecule has 5 nitrogen and oxygen atoms in total. The fraction of sp³-hybridized carbons (Fsp3) is 0.200. The molecule has 0 saturated heterocycles. The molecule has 1 aromatic heterocycles. The summed E-state index contributed by atoms with van der Waals surface area (Å²) >= 11 is 1.56. The van der Waals surface area contributed by atoms with Gasteiger partial charge in [-0.2, -0.15) is 0 Å². The van der Waals surface area contributed by atoms with E-state index in [0.29, 0.717) is 29.6 Å². The maximum atomic E-state index is 12.0. The number of H-pyrrole nitrogens is 1. The van der Waals surface area contributed by atoms with Crippen LogP contribution < -0.4 is 4.74 Å². The number of aromatic amines is 1. The molecule has 4 rings (SSSR count). The van der Waals surface area contributed by atoms with Crippen LogP contribution in [-0.2, 0) is 4.74 Å². The van der Waals surface area contributed by atoms with Crippen LogP contribution in [0.2, 0.25) is 0 Å². The van der Waals surface area contributed by atoms with Gasteiger partial charge in [0.1, 0.15) is 12.4 Å². The predicted molar refractivity (Wildman–Crippen MR) is 145 cm³/mol. The number of esters is 1. The third kappa shape index (κ3) is 7.03. The van der Waals surface area contributed by atoms with Gasteiger partial charge in [0.05, 0.1) is 29.3 Å². The Kier molecular flexibility index (Phi) is 8.85. The molecular weight excluding hydrogens is 468 g/mol. The summed E-state index contributed by atoms with van der Waals surface area (Å²) in [5.41, 5.74) is 4.59. The summed E-state index contributed by atoms with van der Waals surface area (Å²) in [7, 11) is 0. The summed E-state index contributed by atoms with van der Waals surface area (Å²) in [5.74, 6) is 7.38. The van der Waals surface area contributed by atoms with Crippen molar-refractivity contribution in [1.82, 2.24) is 9.97 Å². The number of hydrogen-bond acceptors (Lipinski definition) is 5. The molecule has 3 aromatic carbocycles. The van der Waals surface area contributed by atoms with Crippen molar-refractivity contribution in [3.8, 4) is 40.1 Å². The van der Waals surface area contributed by atoms with Crippen LogP contribution in [0.15, 0.2) is 90.1 Å². The molecule has 0 atom stereocenters. The molecule has 0 unspecified atom stereocenters. The first-order chi connectivity index (χ1) is 17.6. The zero-order valence-electron chi connectivity index (χ0n) is 20.4. The minimum atomic E-state index is -0.323. The molecule has 182 valence electrons. The molecule has 0 aliphatic heterocycles. The number of ether oxygens (including phenoxy) is 2. The second-order valence-corrected chi connectivity index (χ2v) is 9.41. The summed E-state index contributed by atoms with van der Waals surface area (Å²) in [5, 5.41) is 0.822. The number of nitrogens with zero attached hydrogens (tertiary/aromatic N) is 1. The monoisotopic (exact) mass is 496 g/mol. The lowest BCUT2D eigenvalue weighted by Crippen LogP contribution is -2.10. The third-order valence-corrected chi connectivity index (χ3v) is 5.90. The van der Waals surface area contributed by atoms with Crippen LogP contribution in [-0.4, -0.2) is 34.9 Å². The minimum absolute atomic E-state index is 0.264. The molecule has 0 radical (unpaired) electrons. The van der Waals surface area contributed by atoms with Crippen molar-refractivity contribution >= 4 is 17.7 Å². The standard InChI is InChI=1S/C30H28N2O3S/c1-22(2)21-35-29(33)25-15-17-26(18-16-25)34-19-9-10-20-36-30-31-27(23-11-5-3-6-12-23)28(32-30)24-13-7-4-8-14-24/h3-8,11-18,22H,19-21H2,1-2H3,(H,31,32). The lowest BCUT2D eigenvalue weighted by atomic mass is 10.1. The fourth-order valence-corrected chi connectivity index (χ4v) is 4.02. The van der Waals surface area contributed by atoms with Gasteiger partial charge in [0.2, 0.25) is 0 Å². The average molecular weight is 497 g/mol. The molecule has 0 saturated carbocycles. The van der Waals surface area contributed by atoms with Crippen molar-refractivity contribution in [2.24, 2.45) is 5.92 Å². The van der Waals surface area contributed by atoms with Crippen molar-refractivity contribution in [2.75, 3.05) is 19.0 Å². The molecule has 0 bridgehead atoms. The van der Waals surface area contributed by atoms with Gasteiger partial charge in [0.15, 0.2) is 5.16 Å². The van der Waals surface area contributed by atoms with E-state index in [0.717, 1.165) is 27.7 Å². The molecule has 6 heteroatoms. The van der Waals surface area contributed by atoms with Gasteiger partial charge in [-0.05, 0) is 30.2 Å². The topological polar surface area (TPSA) is 64.2 Å². The lowest BCUT2D eigenvalue weighted by molar-refractivity contribution is 0.0459. The second kappa shape index (κ2) is 12.7. The highest BCUT2D eigenvalue weighted by Crippen LogP contribution is 2.32. The van der Waals surface area contributed by atoms with Crippen LogP contribution in [0.3, 0.4) is 0 Å². The number of thioether (sulfide) groups is 1. The molecule has 1 N–H and O–H groups in total. The predicted octanol–water partition coefficient (Wildman–Crippen LogP) is 6.73. The molecule has 1 heterocycles. The number of carbonyl (C=O) groups excluding carboxylic acids is 1. The summed E-state index contributed by atoms with van der Waals surface area (Å²) in [4.78, 5) is 20.3. The van der Waals surface area contributed by atoms with Gasteiger partial charge in [0.25, 0.3) is 0 Å². The van der Waals surface area contributed by atoms with Gasteiger partial charge in [-0.1, -0.05) is 98.1 Å². The maximum Gasteiger partial charge on any atom is 0.338 e. The smallest absolute Gasteiger partial charge is 0.338 e. The van der Waals surface area contributed by atoms with Gasteiger partial charge in [-0.15, -0.1) is 0 Å². The van der Waals surface area contributed by atoms with E-state index in [-0.39, 0.29) is 12.6 Å². The number of benzene rings is 3. The van der Waals surface area contributed by atoms with Gasteiger partial charge in [0, 0.05) is 11.1 Å². The van der Waals surface area contributed by atoms with E-state index in [1.165, 1.54) is 0 Å². The van der Waals surface area contributed by atoms with Gasteiger partial charge >= 0.3 is 5.97 Å². The van der Waals surface area contributed by atoms with E-state index < -0.39 is 0 Å². The summed E-state index contributed by atoms with van der Waals surface area (Å²) in [6.45, 7) is 4.68. The third-order valence-electron chi connectivity index (χ3n) is 5.15. The average Bonchev–Trinajstić information content (AvgIpc) is 3.35. The molecule has 0 fully saturated rings. The SMILES string of the molecule is CC(C)COC(=O)c1ccc(OCC#CCSc2nc(-c3ccccc3)c(-c3ccccc3)[nH]2)cc1. The number of aromatic nitrogens is 2. The summed E-state index contributed by atoms with van der Waals surface area (Å²) < 4.78 is 10.9. The van der Waals surface area contributed by atoms with Crippen LogP contribution in [0, 0.1) is 17.8 Å². The Bertz CT molecular complexity index is 1260. The number of nitrogens with one attached hydrogen (secondary N) is 1. The van der Waals surface area contributed by atoms with E-state index in [9.17, 15) is 4.79 Å². The summed E-state index contributed by atoms with van der Waals surface area (Å²) in [6.07, 6.45) is 0. The Labute approximate surface area is 216 Å². The number of imidazole rings is 1. The fourth-order valence-electron chi connectivity index (χ4n) is 3.38. The van der Waals surface area contributed by atoms with Crippen LogP contribution in [0.25, 0.3) is 22.5 Å². The highest BCUT2D eigenvalue weighted by Gasteiger charge is 2.14. The first kappa shape index (κ1) is 25.2. The number of rotatable bonds is 9. The van der Waals surface area contributed by atoms with Crippen molar-refractivity contribution in [1.29, 1.82) is 0 Å². The molecular formula is C30H28N2O3S. The maximum absolute atomic E-state index is 12.0. The van der Waals surface area contributed by atoms with Crippen LogP contribution in [0.1, 0.15) is 24.2 Å². The number of carbonyl (C=O) groups is 1. The van der Waals surface area contributed by atoms with Crippen molar-refractivity contribution in [3.63, 3.8) is 0 Å². The summed E-state index contributed by atoms with van der Waals surface area (Å²) in [6, 6.07) is 27.3. The molecule has 4 aromatic rings. The number of hydrogen-bond donors (Lipinski definition) is 1. The van der Waals surface area contributed by atoms with E-state index >= 15 is 0 Å². The van der Waals surface area contributed by atoms with Gasteiger partial charge in [-0.3, -0.25) is 0 Å². The Morgan fingerprint density at radius 3 is 2.25 bits per heavy atom. The van der Waals surface area contributed by atoms with E-state index in [1.807, 2.05) is 50.2 Å². The molecule has 36 heavy (non-hydrogen) atoms. The molecule has 0 amide bonds.